The molecule has 1 heterocycles. The van der Waals surface area contributed by atoms with Gasteiger partial charge in [-0.05, 0) is 25.1 Å². The molecular weight excluding hydrogens is 274 g/mol. The number of phenolic OH excluding ortho intramolecular Hbond substituents is 1. The molecule has 1 saturated heterocycles. The van der Waals surface area contributed by atoms with Crippen molar-refractivity contribution in [2.24, 2.45) is 0 Å². The molecule has 1 fully saturated rings. The van der Waals surface area contributed by atoms with Gasteiger partial charge in [0.15, 0.2) is 0 Å². The van der Waals surface area contributed by atoms with E-state index in [-0.39, 0.29) is 17.2 Å². The lowest BCUT2D eigenvalue weighted by molar-refractivity contribution is -0.0669. The molecule has 1 aromatic rings. The van der Waals surface area contributed by atoms with Crippen molar-refractivity contribution >= 4 is 21.8 Å². The average Bonchev–Trinajstić information content (AvgIpc) is 2.13. The first-order valence-corrected chi connectivity index (χ1v) is 5.68. The van der Waals surface area contributed by atoms with Gasteiger partial charge in [0.2, 0.25) is 0 Å². The van der Waals surface area contributed by atoms with Crippen LogP contribution in [-0.2, 0) is 0 Å². The highest BCUT2D eigenvalue weighted by molar-refractivity contribution is 9.10. The zero-order valence-corrected chi connectivity index (χ0v) is 10.4. The van der Waals surface area contributed by atoms with Crippen LogP contribution in [0.5, 0.6) is 5.75 Å². The molecule has 0 radical (unpaired) electrons. The van der Waals surface area contributed by atoms with Crippen LogP contribution >= 0.6 is 15.9 Å². The maximum atomic E-state index is 11.9. The fourth-order valence-electron chi connectivity index (χ4n) is 1.78. The van der Waals surface area contributed by atoms with Gasteiger partial charge in [-0.3, -0.25) is 4.79 Å². The molecule has 0 saturated carbocycles. The van der Waals surface area contributed by atoms with Gasteiger partial charge in [0.05, 0.1) is 24.3 Å². The first-order valence-electron chi connectivity index (χ1n) is 4.89. The number of hydrogen-bond donors (Lipinski definition) is 2. The van der Waals surface area contributed by atoms with Crippen molar-refractivity contribution in [1.29, 1.82) is 0 Å². The number of aliphatic hydroxyl groups is 1. The second kappa shape index (κ2) is 3.75. The number of hydrogen-bond acceptors (Lipinski definition) is 3. The van der Waals surface area contributed by atoms with E-state index in [2.05, 4.69) is 15.9 Å². The minimum absolute atomic E-state index is 0.0501. The Morgan fingerprint density at radius 2 is 2.12 bits per heavy atom. The number of benzene rings is 1. The molecule has 2 rings (SSSR count). The molecule has 16 heavy (non-hydrogen) atoms. The van der Waals surface area contributed by atoms with E-state index in [9.17, 15) is 15.0 Å². The molecular formula is C11H12BrNO3. The molecule has 0 aliphatic carbocycles. The third-order valence-corrected chi connectivity index (χ3v) is 3.03. The van der Waals surface area contributed by atoms with Crippen molar-refractivity contribution in [2.45, 2.75) is 12.5 Å². The van der Waals surface area contributed by atoms with Crippen LogP contribution in [0.3, 0.4) is 0 Å². The van der Waals surface area contributed by atoms with E-state index >= 15 is 0 Å². The second-order valence-corrected chi connectivity index (χ2v) is 5.24. The van der Waals surface area contributed by atoms with Crippen LogP contribution in [0, 0.1) is 0 Å². The highest BCUT2D eigenvalue weighted by Gasteiger charge is 2.40. The van der Waals surface area contributed by atoms with Gasteiger partial charge in [-0.1, -0.05) is 15.9 Å². The summed E-state index contributed by atoms with van der Waals surface area (Å²) in [6.45, 7) is 2.29. The SMILES string of the molecule is CC1(O)CN(C(=O)c2ccc(Br)cc2O)C1. The fourth-order valence-corrected chi connectivity index (χ4v) is 2.12. The van der Waals surface area contributed by atoms with Crippen LogP contribution in [0.25, 0.3) is 0 Å². The van der Waals surface area contributed by atoms with Gasteiger partial charge in [-0.15, -0.1) is 0 Å². The molecule has 86 valence electrons. The van der Waals surface area contributed by atoms with Crippen LogP contribution in [0.4, 0.5) is 0 Å². The fraction of sp³-hybridized carbons (Fsp3) is 0.364. The number of rotatable bonds is 1. The van der Waals surface area contributed by atoms with Crippen molar-refractivity contribution in [3.8, 4) is 5.75 Å². The molecule has 0 unspecified atom stereocenters. The first kappa shape index (κ1) is 11.4. The third-order valence-electron chi connectivity index (χ3n) is 2.54. The molecule has 1 aliphatic heterocycles. The topological polar surface area (TPSA) is 60.8 Å². The van der Waals surface area contributed by atoms with E-state index in [1.54, 1.807) is 19.1 Å². The Hall–Kier alpha value is -1.07. The number of β-amino-alcohol motifs (C(OH)–C–C–N with tert-alkyl or cyclic N) is 1. The summed E-state index contributed by atoms with van der Waals surface area (Å²) in [5.74, 6) is -0.303. The van der Waals surface area contributed by atoms with Gasteiger partial charge < -0.3 is 15.1 Å². The van der Waals surface area contributed by atoms with Crippen molar-refractivity contribution in [3.05, 3.63) is 28.2 Å². The maximum Gasteiger partial charge on any atom is 0.257 e. The summed E-state index contributed by atoms with van der Waals surface area (Å²) in [5.41, 5.74) is -0.528. The summed E-state index contributed by atoms with van der Waals surface area (Å²) in [6, 6.07) is 4.74. The zero-order valence-electron chi connectivity index (χ0n) is 8.77. The molecule has 2 N–H and O–H groups in total. The van der Waals surface area contributed by atoms with E-state index in [0.717, 1.165) is 4.47 Å². The largest absolute Gasteiger partial charge is 0.507 e. The Morgan fingerprint density at radius 3 is 2.62 bits per heavy atom. The number of likely N-dealkylation sites (tertiary alicyclic amines) is 1. The predicted molar refractivity (Wildman–Crippen MR) is 62.3 cm³/mol. The molecule has 0 bridgehead atoms. The lowest BCUT2D eigenvalue weighted by atomic mass is 9.96. The number of carbonyl (C=O) groups excluding carboxylic acids is 1. The number of phenols is 1. The minimum atomic E-state index is -0.791. The van der Waals surface area contributed by atoms with Crippen LogP contribution in [0.1, 0.15) is 17.3 Å². The van der Waals surface area contributed by atoms with Gasteiger partial charge >= 0.3 is 0 Å². The molecule has 1 amide bonds. The molecule has 0 spiro atoms. The summed E-state index contributed by atoms with van der Waals surface area (Å²) in [7, 11) is 0. The number of carbonyl (C=O) groups is 1. The van der Waals surface area contributed by atoms with E-state index in [0.29, 0.717) is 13.1 Å². The summed E-state index contributed by atoms with van der Waals surface area (Å²) in [5, 5.41) is 19.1. The Kier molecular flexibility index (Phi) is 2.67. The van der Waals surface area contributed by atoms with Crippen molar-refractivity contribution < 1.29 is 15.0 Å². The van der Waals surface area contributed by atoms with Crippen molar-refractivity contribution in [3.63, 3.8) is 0 Å². The maximum absolute atomic E-state index is 11.9. The number of nitrogens with zero attached hydrogens (tertiary/aromatic N) is 1. The second-order valence-electron chi connectivity index (χ2n) is 4.32. The third kappa shape index (κ3) is 2.05. The van der Waals surface area contributed by atoms with E-state index in [1.807, 2.05) is 0 Å². The number of amides is 1. The van der Waals surface area contributed by atoms with Crippen molar-refractivity contribution in [2.75, 3.05) is 13.1 Å². The lowest BCUT2D eigenvalue weighted by Crippen LogP contribution is -2.61. The van der Waals surface area contributed by atoms with Gasteiger partial charge in [0, 0.05) is 4.47 Å². The number of aromatic hydroxyl groups is 1. The summed E-state index contributed by atoms with van der Waals surface area (Å²) < 4.78 is 0.720. The van der Waals surface area contributed by atoms with Crippen LogP contribution in [0.15, 0.2) is 22.7 Å². The first-order chi connectivity index (χ1) is 7.39. The minimum Gasteiger partial charge on any atom is -0.507 e. The van der Waals surface area contributed by atoms with E-state index in [4.69, 9.17) is 0 Å². The summed E-state index contributed by atoms with van der Waals surface area (Å²) >= 11 is 3.21. The normalized spacial score (nSPS) is 18.1. The highest BCUT2D eigenvalue weighted by Crippen LogP contribution is 2.27. The van der Waals surface area contributed by atoms with Gasteiger partial charge in [-0.2, -0.15) is 0 Å². The molecule has 0 atom stereocenters. The Labute approximate surface area is 102 Å². The standard InChI is InChI=1S/C11H12BrNO3/c1-11(16)5-13(6-11)10(15)8-3-2-7(12)4-9(8)14/h2-4,14,16H,5-6H2,1H3. The van der Waals surface area contributed by atoms with Crippen LogP contribution in [-0.4, -0.2) is 39.7 Å². The summed E-state index contributed by atoms with van der Waals surface area (Å²) in [4.78, 5) is 13.4. The van der Waals surface area contributed by atoms with Crippen molar-refractivity contribution in [1.82, 2.24) is 4.90 Å². The quantitative estimate of drug-likeness (QED) is 0.819. The zero-order chi connectivity index (χ0) is 11.9. The molecule has 1 aromatic carbocycles. The van der Waals surface area contributed by atoms with Gasteiger partial charge in [0.1, 0.15) is 5.75 Å². The number of halogens is 1. The predicted octanol–water partition coefficient (Wildman–Crippen LogP) is 1.36. The smallest absolute Gasteiger partial charge is 0.257 e. The monoisotopic (exact) mass is 285 g/mol. The average molecular weight is 286 g/mol. The lowest BCUT2D eigenvalue weighted by Gasteiger charge is -2.44. The van der Waals surface area contributed by atoms with Gasteiger partial charge in [0.25, 0.3) is 5.91 Å². The van der Waals surface area contributed by atoms with E-state index < -0.39 is 5.60 Å². The van der Waals surface area contributed by atoms with E-state index in [1.165, 1.54) is 11.0 Å². The molecule has 5 heteroatoms. The highest BCUT2D eigenvalue weighted by atomic mass is 79.9. The molecule has 0 aromatic heterocycles. The van der Waals surface area contributed by atoms with Crippen LogP contribution < -0.4 is 0 Å². The molecule has 4 nitrogen and oxygen atoms in total. The van der Waals surface area contributed by atoms with Gasteiger partial charge in [-0.25, -0.2) is 0 Å². The van der Waals surface area contributed by atoms with Crippen LogP contribution in [0.2, 0.25) is 0 Å². The molecule has 1 aliphatic rings. The Bertz CT molecular complexity index is 437. The Morgan fingerprint density at radius 1 is 1.50 bits per heavy atom. The Balaban J connectivity index is 2.16. The summed E-state index contributed by atoms with van der Waals surface area (Å²) in [6.07, 6.45) is 0.